The molecule has 19 heavy (non-hydrogen) atoms. The predicted octanol–water partition coefficient (Wildman–Crippen LogP) is 1.12. The van der Waals surface area contributed by atoms with E-state index in [0.717, 1.165) is 11.3 Å². The molecule has 2 aromatic rings. The van der Waals surface area contributed by atoms with E-state index in [9.17, 15) is 9.90 Å². The molecule has 6 heteroatoms. The smallest absolute Gasteiger partial charge is 0.258 e. The minimum atomic E-state index is -0.260. The molecule has 0 bridgehead atoms. The highest BCUT2D eigenvalue weighted by molar-refractivity contribution is 5.77. The van der Waals surface area contributed by atoms with Crippen LogP contribution in [0.25, 0.3) is 0 Å². The summed E-state index contributed by atoms with van der Waals surface area (Å²) in [7, 11) is 0. The molecule has 1 aromatic heterocycles. The number of rotatable bonds is 5. The third kappa shape index (κ3) is 3.48. The summed E-state index contributed by atoms with van der Waals surface area (Å²) >= 11 is 0. The standard InChI is InChI=1S/C13H15N3O3/c1-9-10(7-15-16-9)6-14-13(18)8-19-12-5-3-2-4-11(12)17/h2-5,7,17H,6,8H2,1H3,(H,14,18)(H,15,16). The molecule has 0 radical (unpaired) electrons. The molecule has 0 spiro atoms. The number of phenolic OH excluding ortho intramolecular Hbond substituents is 1. The highest BCUT2D eigenvalue weighted by Crippen LogP contribution is 2.23. The first-order chi connectivity index (χ1) is 9.16. The summed E-state index contributed by atoms with van der Waals surface area (Å²) in [6, 6.07) is 6.51. The number of amides is 1. The molecule has 0 unspecified atom stereocenters. The molecule has 0 atom stereocenters. The van der Waals surface area contributed by atoms with E-state index in [1.54, 1.807) is 24.4 Å². The Kier molecular flexibility index (Phi) is 4.02. The van der Waals surface area contributed by atoms with Crippen molar-refractivity contribution in [2.45, 2.75) is 13.5 Å². The summed E-state index contributed by atoms with van der Waals surface area (Å²) in [6.07, 6.45) is 1.67. The van der Waals surface area contributed by atoms with Crippen LogP contribution >= 0.6 is 0 Å². The molecule has 0 saturated carbocycles. The van der Waals surface area contributed by atoms with Crippen LogP contribution in [0.3, 0.4) is 0 Å². The van der Waals surface area contributed by atoms with E-state index < -0.39 is 0 Å². The Morgan fingerprint density at radius 2 is 2.26 bits per heavy atom. The van der Waals surface area contributed by atoms with Crippen molar-refractivity contribution < 1.29 is 14.6 Å². The van der Waals surface area contributed by atoms with E-state index in [1.165, 1.54) is 6.07 Å². The zero-order chi connectivity index (χ0) is 13.7. The van der Waals surface area contributed by atoms with Gasteiger partial charge < -0.3 is 15.2 Å². The Labute approximate surface area is 110 Å². The monoisotopic (exact) mass is 261 g/mol. The van der Waals surface area contributed by atoms with Gasteiger partial charge in [-0.1, -0.05) is 12.1 Å². The fourth-order valence-electron chi connectivity index (χ4n) is 1.52. The van der Waals surface area contributed by atoms with Gasteiger partial charge in [0.2, 0.25) is 0 Å². The normalized spacial score (nSPS) is 10.2. The number of hydrogen-bond donors (Lipinski definition) is 3. The summed E-state index contributed by atoms with van der Waals surface area (Å²) in [5, 5.41) is 18.8. The maximum absolute atomic E-state index is 11.6. The Balaban J connectivity index is 1.79. The van der Waals surface area contributed by atoms with Crippen molar-refractivity contribution in [3.05, 3.63) is 41.7 Å². The average molecular weight is 261 g/mol. The van der Waals surface area contributed by atoms with Crippen LogP contribution in [0.5, 0.6) is 11.5 Å². The van der Waals surface area contributed by atoms with Gasteiger partial charge in [-0.3, -0.25) is 9.89 Å². The lowest BCUT2D eigenvalue weighted by atomic mass is 10.2. The zero-order valence-corrected chi connectivity index (χ0v) is 10.5. The van der Waals surface area contributed by atoms with Gasteiger partial charge in [0.25, 0.3) is 5.91 Å². The van der Waals surface area contributed by atoms with Crippen LogP contribution in [-0.2, 0) is 11.3 Å². The van der Waals surface area contributed by atoms with Crippen LogP contribution in [0.15, 0.2) is 30.5 Å². The van der Waals surface area contributed by atoms with Gasteiger partial charge in [0, 0.05) is 17.8 Å². The van der Waals surface area contributed by atoms with Gasteiger partial charge in [0.15, 0.2) is 18.1 Å². The molecule has 0 aliphatic heterocycles. The summed E-state index contributed by atoms with van der Waals surface area (Å²) in [5.41, 5.74) is 1.85. The molecule has 3 N–H and O–H groups in total. The van der Waals surface area contributed by atoms with Gasteiger partial charge >= 0.3 is 0 Å². The molecule has 0 fully saturated rings. The fraction of sp³-hybridized carbons (Fsp3) is 0.231. The molecule has 2 rings (SSSR count). The minimum Gasteiger partial charge on any atom is -0.504 e. The van der Waals surface area contributed by atoms with E-state index in [2.05, 4.69) is 15.5 Å². The molecule has 100 valence electrons. The Hall–Kier alpha value is -2.50. The topological polar surface area (TPSA) is 87.2 Å². The first kappa shape index (κ1) is 12.9. The van der Waals surface area contributed by atoms with E-state index in [-0.39, 0.29) is 24.0 Å². The predicted molar refractivity (Wildman–Crippen MR) is 68.8 cm³/mol. The number of nitrogens with zero attached hydrogens (tertiary/aromatic N) is 1. The van der Waals surface area contributed by atoms with Crippen molar-refractivity contribution in [3.63, 3.8) is 0 Å². The molecule has 0 saturated heterocycles. The number of benzene rings is 1. The van der Waals surface area contributed by atoms with Crippen LogP contribution in [0.1, 0.15) is 11.3 Å². The van der Waals surface area contributed by atoms with E-state index in [0.29, 0.717) is 6.54 Å². The first-order valence-electron chi connectivity index (χ1n) is 5.83. The number of para-hydroxylation sites is 2. The first-order valence-corrected chi connectivity index (χ1v) is 5.83. The third-order valence-electron chi connectivity index (χ3n) is 2.63. The number of phenols is 1. The molecule has 6 nitrogen and oxygen atoms in total. The van der Waals surface area contributed by atoms with E-state index in [1.807, 2.05) is 6.92 Å². The second kappa shape index (κ2) is 5.90. The van der Waals surface area contributed by atoms with Crippen LogP contribution in [0.4, 0.5) is 0 Å². The lowest BCUT2D eigenvalue weighted by Crippen LogP contribution is -2.28. The van der Waals surface area contributed by atoms with Gasteiger partial charge in [-0.2, -0.15) is 5.10 Å². The number of aromatic hydroxyl groups is 1. The van der Waals surface area contributed by atoms with Crippen molar-refractivity contribution >= 4 is 5.91 Å². The maximum atomic E-state index is 11.6. The van der Waals surface area contributed by atoms with E-state index in [4.69, 9.17) is 4.74 Å². The van der Waals surface area contributed by atoms with Gasteiger partial charge in [-0.15, -0.1) is 0 Å². The maximum Gasteiger partial charge on any atom is 0.258 e. The van der Waals surface area contributed by atoms with Crippen LogP contribution in [0.2, 0.25) is 0 Å². The van der Waals surface area contributed by atoms with Gasteiger partial charge in [-0.05, 0) is 19.1 Å². The molecule has 1 aromatic carbocycles. The second-order valence-electron chi connectivity index (χ2n) is 4.05. The summed E-state index contributed by atoms with van der Waals surface area (Å²) in [6.45, 7) is 2.13. The highest BCUT2D eigenvalue weighted by atomic mass is 16.5. The van der Waals surface area contributed by atoms with Crippen molar-refractivity contribution in [1.29, 1.82) is 0 Å². The fourth-order valence-corrected chi connectivity index (χ4v) is 1.52. The van der Waals surface area contributed by atoms with Crippen LogP contribution in [-0.4, -0.2) is 27.8 Å². The zero-order valence-electron chi connectivity index (χ0n) is 10.5. The lowest BCUT2D eigenvalue weighted by Gasteiger charge is -2.08. The molecule has 0 aliphatic rings. The molecule has 1 amide bonds. The Morgan fingerprint density at radius 1 is 1.47 bits per heavy atom. The van der Waals surface area contributed by atoms with Crippen molar-refractivity contribution in [3.8, 4) is 11.5 Å². The molecular formula is C13H15N3O3. The van der Waals surface area contributed by atoms with Crippen molar-refractivity contribution in [2.24, 2.45) is 0 Å². The number of H-pyrrole nitrogens is 1. The average Bonchev–Trinajstić information content (AvgIpc) is 2.81. The minimum absolute atomic E-state index is 0.0148. The number of aryl methyl sites for hydroxylation is 1. The summed E-state index contributed by atoms with van der Waals surface area (Å²) < 4.78 is 5.21. The number of aromatic amines is 1. The molecule has 1 heterocycles. The van der Waals surface area contributed by atoms with Gasteiger partial charge in [0.05, 0.1) is 6.20 Å². The summed E-state index contributed by atoms with van der Waals surface area (Å²) in [5.74, 6) is 0.0435. The number of carbonyl (C=O) groups excluding carboxylic acids is 1. The second-order valence-corrected chi connectivity index (χ2v) is 4.05. The SMILES string of the molecule is Cc1[nH]ncc1CNC(=O)COc1ccccc1O. The van der Waals surface area contributed by atoms with Gasteiger partial charge in [0.1, 0.15) is 0 Å². The van der Waals surface area contributed by atoms with E-state index >= 15 is 0 Å². The van der Waals surface area contributed by atoms with Crippen LogP contribution < -0.4 is 10.1 Å². The lowest BCUT2D eigenvalue weighted by molar-refractivity contribution is -0.123. The Bertz CT molecular complexity index is 566. The largest absolute Gasteiger partial charge is 0.504 e. The van der Waals surface area contributed by atoms with Crippen molar-refractivity contribution in [2.75, 3.05) is 6.61 Å². The Morgan fingerprint density at radius 3 is 2.95 bits per heavy atom. The molecule has 0 aliphatic carbocycles. The third-order valence-corrected chi connectivity index (χ3v) is 2.63. The number of nitrogens with one attached hydrogen (secondary N) is 2. The quantitative estimate of drug-likeness (QED) is 0.752. The number of carbonyl (C=O) groups is 1. The number of aromatic nitrogens is 2. The van der Waals surface area contributed by atoms with Gasteiger partial charge in [-0.25, -0.2) is 0 Å². The van der Waals surface area contributed by atoms with Crippen LogP contribution in [0, 0.1) is 6.92 Å². The number of ether oxygens (including phenoxy) is 1. The molecular weight excluding hydrogens is 246 g/mol. The number of hydrogen-bond acceptors (Lipinski definition) is 4. The van der Waals surface area contributed by atoms with Crippen molar-refractivity contribution in [1.82, 2.24) is 15.5 Å². The summed E-state index contributed by atoms with van der Waals surface area (Å²) in [4.78, 5) is 11.6. The highest BCUT2D eigenvalue weighted by Gasteiger charge is 2.07.